The van der Waals surface area contributed by atoms with Gasteiger partial charge in [0, 0.05) is 17.5 Å². The molecule has 1 aromatic rings. The first kappa shape index (κ1) is 15.3. The van der Waals surface area contributed by atoms with E-state index in [0.717, 1.165) is 18.8 Å². The van der Waals surface area contributed by atoms with Crippen molar-refractivity contribution < 1.29 is 4.74 Å². The van der Waals surface area contributed by atoms with E-state index in [9.17, 15) is 0 Å². The lowest BCUT2D eigenvalue weighted by atomic mass is 9.90. The third-order valence-corrected chi connectivity index (χ3v) is 4.02. The fourth-order valence-corrected chi connectivity index (χ4v) is 2.65. The van der Waals surface area contributed by atoms with Gasteiger partial charge in [0.1, 0.15) is 5.75 Å². The molecule has 112 valence electrons. The van der Waals surface area contributed by atoms with Crippen molar-refractivity contribution in [2.45, 2.75) is 39.3 Å². The highest BCUT2D eigenvalue weighted by Gasteiger charge is 2.34. The van der Waals surface area contributed by atoms with E-state index >= 15 is 0 Å². The third kappa shape index (κ3) is 3.51. The highest BCUT2D eigenvalue weighted by Crippen LogP contribution is 2.33. The first-order valence-corrected chi connectivity index (χ1v) is 7.56. The molecular weight excluding hydrogens is 250 g/mol. The summed E-state index contributed by atoms with van der Waals surface area (Å²) in [6.45, 7) is 8.00. The van der Waals surface area contributed by atoms with Crippen LogP contribution < -0.4 is 21.3 Å². The number of nitrogens with two attached hydrogens (primary N) is 1. The normalized spacial score (nSPS) is 26.1. The van der Waals surface area contributed by atoms with Crippen LogP contribution in [0.2, 0.25) is 0 Å². The van der Waals surface area contributed by atoms with Crippen LogP contribution >= 0.6 is 0 Å². The summed E-state index contributed by atoms with van der Waals surface area (Å²) in [6, 6.07) is 8.85. The Morgan fingerprint density at radius 1 is 1.25 bits per heavy atom. The van der Waals surface area contributed by atoms with Crippen LogP contribution in [0.3, 0.4) is 0 Å². The summed E-state index contributed by atoms with van der Waals surface area (Å²) in [7, 11) is 0. The molecule has 0 spiro atoms. The number of hydrogen-bond acceptors (Lipinski definition) is 4. The summed E-state index contributed by atoms with van der Waals surface area (Å²) in [5, 5.41) is 0. The minimum absolute atomic E-state index is 0.213. The average Bonchev–Trinajstić information content (AvgIpc) is 2.80. The monoisotopic (exact) mass is 277 g/mol. The molecule has 1 saturated heterocycles. The maximum absolute atomic E-state index is 5.98. The zero-order valence-electron chi connectivity index (χ0n) is 12.7. The van der Waals surface area contributed by atoms with Crippen LogP contribution in [0.5, 0.6) is 5.75 Å². The van der Waals surface area contributed by atoms with Crippen molar-refractivity contribution in [3.05, 3.63) is 29.8 Å². The van der Waals surface area contributed by atoms with E-state index < -0.39 is 0 Å². The van der Waals surface area contributed by atoms with E-state index in [1.807, 2.05) is 12.1 Å². The molecule has 0 amide bonds. The van der Waals surface area contributed by atoms with Crippen molar-refractivity contribution in [1.82, 2.24) is 10.9 Å². The van der Waals surface area contributed by atoms with Gasteiger partial charge in [0.2, 0.25) is 0 Å². The lowest BCUT2D eigenvalue weighted by molar-refractivity contribution is 0.282. The third-order valence-electron chi connectivity index (χ3n) is 4.02. The molecule has 0 saturated carbocycles. The smallest absolute Gasteiger partial charge is 0.124 e. The molecule has 4 heteroatoms. The summed E-state index contributed by atoms with van der Waals surface area (Å²) in [6.07, 6.45) is 1.07. The quantitative estimate of drug-likeness (QED) is 0.746. The predicted molar refractivity (Wildman–Crippen MR) is 82.4 cm³/mol. The molecule has 1 aromatic carbocycles. The number of rotatable bonds is 6. The lowest BCUT2D eigenvalue weighted by Crippen LogP contribution is -2.30. The second kappa shape index (κ2) is 7.07. The Bertz CT molecular complexity index is 422. The lowest BCUT2D eigenvalue weighted by Gasteiger charge is -2.22. The van der Waals surface area contributed by atoms with Gasteiger partial charge < -0.3 is 10.5 Å². The van der Waals surface area contributed by atoms with E-state index in [-0.39, 0.29) is 6.04 Å². The summed E-state index contributed by atoms with van der Waals surface area (Å²) >= 11 is 0. The van der Waals surface area contributed by atoms with Crippen LogP contribution in [0.4, 0.5) is 0 Å². The Balaban J connectivity index is 2.11. The highest BCUT2D eigenvalue weighted by molar-refractivity contribution is 5.37. The molecule has 1 aliphatic heterocycles. The SMILES string of the molecule is CC(C)CCOc1ccccc1C1NNC(C)C1CN. The molecule has 0 bridgehead atoms. The van der Waals surface area contributed by atoms with Gasteiger partial charge >= 0.3 is 0 Å². The first-order chi connectivity index (χ1) is 9.63. The zero-order valence-corrected chi connectivity index (χ0v) is 12.7. The Kier molecular flexibility index (Phi) is 5.40. The van der Waals surface area contributed by atoms with Crippen LogP contribution in [-0.4, -0.2) is 19.2 Å². The Hall–Kier alpha value is -1.10. The molecule has 3 unspecified atom stereocenters. The van der Waals surface area contributed by atoms with E-state index in [4.69, 9.17) is 10.5 Å². The van der Waals surface area contributed by atoms with Crippen LogP contribution in [0, 0.1) is 11.8 Å². The maximum Gasteiger partial charge on any atom is 0.124 e. The fourth-order valence-electron chi connectivity index (χ4n) is 2.65. The van der Waals surface area contributed by atoms with Crippen molar-refractivity contribution in [1.29, 1.82) is 0 Å². The van der Waals surface area contributed by atoms with Crippen LogP contribution in [0.1, 0.15) is 38.8 Å². The number of hydrazine groups is 1. The number of hydrogen-bond donors (Lipinski definition) is 3. The summed E-state index contributed by atoms with van der Waals surface area (Å²) in [5.41, 5.74) is 13.8. The maximum atomic E-state index is 5.98. The molecule has 4 N–H and O–H groups in total. The molecule has 0 aromatic heterocycles. The minimum Gasteiger partial charge on any atom is -0.493 e. The summed E-state index contributed by atoms with van der Waals surface area (Å²) < 4.78 is 5.98. The van der Waals surface area contributed by atoms with Gasteiger partial charge in [0.25, 0.3) is 0 Å². The number of benzene rings is 1. The van der Waals surface area contributed by atoms with Crippen molar-refractivity contribution in [2.24, 2.45) is 17.6 Å². The molecular formula is C16H27N3O. The van der Waals surface area contributed by atoms with E-state index in [2.05, 4.69) is 43.8 Å². The number of para-hydroxylation sites is 1. The highest BCUT2D eigenvalue weighted by atomic mass is 16.5. The van der Waals surface area contributed by atoms with Gasteiger partial charge in [-0.3, -0.25) is 5.43 Å². The van der Waals surface area contributed by atoms with Crippen LogP contribution in [-0.2, 0) is 0 Å². The van der Waals surface area contributed by atoms with Crippen molar-refractivity contribution in [3.8, 4) is 5.75 Å². The fraction of sp³-hybridized carbons (Fsp3) is 0.625. The van der Waals surface area contributed by atoms with Gasteiger partial charge in [-0.1, -0.05) is 32.0 Å². The van der Waals surface area contributed by atoms with Gasteiger partial charge in [0.05, 0.1) is 12.6 Å². The Morgan fingerprint density at radius 2 is 2.00 bits per heavy atom. The second-order valence-electron chi connectivity index (χ2n) is 6.02. The standard InChI is InChI=1S/C16H27N3O/c1-11(2)8-9-20-15-7-5-4-6-13(15)16-14(10-17)12(3)18-19-16/h4-7,11-12,14,16,18-19H,8-10,17H2,1-3H3. The minimum atomic E-state index is 0.213. The average molecular weight is 277 g/mol. The molecule has 2 rings (SSSR count). The number of nitrogens with one attached hydrogen (secondary N) is 2. The van der Waals surface area contributed by atoms with Gasteiger partial charge in [-0.2, -0.15) is 0 Å². The van der Waals surface area contributed by atoms with Crippen molar-refractivity contribution in [3.63, 3.8) is 0 Å². The Labute approximate surface area is 122 Å². The van der Waals surface area contributed by atoms with Gasteiger partial charge in [-0.25, -0.2) is 5.43 Å². The van der Waals surface area contributed by atoms with E-state index in [1.54, 1.807) is 0 Å². The van der Waals surface area contributed by atoms with Gasteiger partial charge in [-0.15, -0.1) is 0 Å². The first-order valence-electron chi connectivity index (χ1n) is 7.56. The Morgan fingerprint density at radius 3 is 2.70 bits per heavy atom. The molecule has 0 aliphatic carbocycles. The largest absolute Gasteiger partial charge is 0.493 e. The molecule has 3 atom stereocenters. The summed E-state index contributed by atoms with van der Waals surface area (Å²) in [4.78, 5) is 0. The number of ether oxygens (including phenoxy) is 1. The van der Waals surface area contributed by atoms with E-state index in [0.29, 0.717) is 24.4 Å². The van der Waals surface area contributed by atoms with Gasteiger partial charge in [0.15, 0.2) is 0 Å². The van der Waals surface area contributed by atoms with Gasteiger partial charge in [-0.05, 0) is 31.9 Å². The van der Waals surface area contributed by atoms with Crippen LogP contribution in [0.25, 0.3) is 0 Å². The van der Waals surface area contributed by atoms with E-state index in [1.165, 1.54) is 5.56 Å². The molecule has 20 heavy (non-hydrogen) atoms. The molecule has 0 radical (unpaired) electrons. The molecule has 1 heterocycles. The van der Waals surface area contributed by atoms with Crippen LogP contribution in [0.15, 0.2) is 24.3 Å². The van der Waals surface area contributed by atoms with Crippen molar-refractivity contribution >= 4 is 0 Å². The zero-order chi connectivity index (χ0) is 14.5. The predicted octanol–water partition coefficient (Wildman–Crippen LogP) is 2.22. The molecule has 1 fully saturated rings. The second-order valence-corrected chi connectivity index (χ2v) is 6.02. The summed E-state index contributed by atoms with van der Waals surface area (Å²) in [5.74, 6) is 2.01. The van der Waals surface area contributed by atoms with Crippen molar-refractivity contribution in [2.75, 3.05) is 13.2 Å². The topological polar surface area (TPSA) is 59.3 Å². The molecule has 1 aliphatic rings. The molecule has 4 nitrogen and oxygen atoms in total.